The molecule has 3 aromatic rings. The number of rotatable bonds is 8. The zero-order valence-corrected chi connectivity index (χ0v) is 19.6. The molecular weight excluding hydrogens is 443 g/mol. The first-order valence-corrected chi connectivity index (χ1v) is 12.8. The third kappa shape index (κ3) is 4.95. The van der Waals surface area contributed by atoms with Crippen LogP contribution in [-0.2, 0) is 14.8 Å². The summed E-state index contributed by atoms with van der Waals surface area (Å²) in [4.78, 5) is 13.1. The molecule has 3 rings (SSSR count). The summed E-state index contributed by atoms with van der Waals surface area (Å²) in [7, 11) is -3.73. The van der Waals surface area contributed by atoms with E-state index in [1.165, 1.54) is 11.3 Å². The second-order valence-corrected chi connectivity index (χ2v) is 11.5. The average Bonchev–Trinajstić information content (AvgIpc) is 3.11. The van der Waals surface area contributed by atoms with Crippen molar-refractivity contribution in [3.05, 3.63) is 68.7 Å². The largest absolute Gasteiger partial charge is 0.320 e. The van der Waals surface area contributed by atoms with E-state index in [9.17, 15) is 9.36 Å². The maximum atomic E-state index is 13.8. The van der Waals surface area contributed by atoms with Crippen LogP contribution in [0.1, 0.15) is 34.0 Å². The first-order valence-electron chi connectivity index (χ1n) is 8.98. The van der Waals surface area contributed by atoms with Gasteiger partial charge >= 0.3 is 7.37 Å². The molecule has 1 atom stereocenters. The van der Waals surface area contributed by atoms with Crippen molar-refractivity contribution in [1.82, 2.24) is 10.2 Å². The van der Waals surface area contributed by atoms with Gasteiger partial charge in [-0.15, -0.1) is 0 Å². The number of H-pyrrole nitrogens is 1. The minimum Gasteiger partial charge on any atom is -0.320 e. The first-order chi connectivity index (χ1) is 13.8. The number of hydrogen-bond donors (Lipinski definition) is 1. The molecule has 0 aliphatic rings. The molecule has 1 heterocycles. The van der Waals surface area contributed by atoms with E-state index in [2.05, 4.69) is 10.2 Å². The predicted octanol–water partition coefficient (Wildman–Crippen LogP) is 5.89. The third-order valence-electron chi connectivity index (χ3n) is 4.23. The number of hydrogen-bond acceptors (Lipinski definition) is 7. The van der Waals surface area contributed by atoms with Crippen LogP contribution in [0, 0.1) is 17.8 Å². The fraction of sp³-hybridized carbons (Fsp3) is 0.250. The van der Waals surface area contributed by atoms with Gasteiger partial charge in [-0.2, -0.15) is 5.10 Å². The Morgan fingerprint density at radius 3 is 2.45 bits per heavy atom. The van der Waals surface area contributed by atoms with Gasteiger partial charge in [0, 0.05) is 11.3 Å². The Hall–Kier alpha value is -1.57. The van der Waals surface area contributed by atoms with Crippen LogP contribution in [0.5, 0.6) is 0 Å². The quantitative estimate of drug-likeness (QED) is 0.255. The first kappa shape index (κ1) is 22.1. The molecule has 9 heteroatoms. The summed E-state index contributed by atoms with van der Waals surface area (Å²) in [5.74, 6) is 0.698. The summed E-state index contributed by atoms with van der Waals surface area (Å²) in [5.41, 5.74) is 2.56. The van der Waals surface area contributed by atoms with E-state index in [4.69, 9.17) is 16.7 Å². The topological polar surface area (TPSA) is 72.1 Å². The molecule has 5 nitrogen and oxygen atoms in total. The Balaban J connectivity index is 1.95. The van der Waals surface area contributed by atoms with E-state index in [1.54, 1.807) is 43.0 Å². The zero-order chi connectivity index (χ0) is 21.0. The van der Waals surface area contributed by atoms with E-state index in [1.807, 2.05) is 32.0 Å². The molecule has 0 spiro atoms. The molecule has 0 amide bonds. The van der Waals surface area contributed by atoms with Crippen molar-refractivity contribution in [3.8, 4) is 0 Å². The number of nitrogens with one attached hydrogen (secondary N) is 1. The lowest BCUT2D eigenvalue weighted by atomic mass is 10.1. The van der Waals surface area contributed by atoms with Gasteiger partial charge in [0.25, 0.3) is 5.52 Å². The maximum Gasteiger partial charge on any atom is 0.301 e. The molecule has 0 bridgehead atoms. The van der Waals surface area contributed by atoms with Crippen molar-refractivity contribution in [2.75, 3.05) is 6.61 Å². The van der Waals surface area contributed by atoms with Gasteiger partial charge in [0.2, 0.25) is 0 Å². The van der Waals surface area contributed by atoms with Crippen LogP contribution >= 0.6 is 42.7 Å². The lowest BCUT2D eigenvalue weighted by Gasteiger charge is -2.21. The van der Waals surface area contributed by atoms with E-state index in [-0.39, 0.29) is 6.61 Å². The standard InChI is InChI=1S/C20H21N2O3PS3/c1-4-25-26(24,18(23)16-8-6-5-7-9-16)17-13(2)10-15(11-14(17)3)12-28-20-22-21-19(27)29-20/h5-11H,4,12H2,1-3H3,(H,21,27). The van der Waals surface area contributed by atoms with Crippen molar-refractivity contribution in [3.63, 3.8) is 0 Å². The molecule has 0 saturated heterocycles. The van der Waals surface area contributed by atoms with Crippen LogP contribution in [0.25, 0.3) is 0 Å². The van der Waals surface area contributed by atoms with Gasteiger partial charge in [-0.3, -0.25) is 14.5 Å². The fourth-order valence-corrected chi connectivity index (χ4v) is 7.54. The number of thioether (sulfide) groups is 1. The summed E-state index contributed by atoms with van der Waals surface area (Å²) in [5, 5.41) is 7.42. The van der Waals surface area contributed by atoms with Crippen LogP contribution in [0.3, 0.4) is 0 Å². The molecule has 2 aromatic carbocycles. The Labute approximate surface area is 183 Å². The number of carbonyl (C=O) groups excluding carboxylic acids is 1. The second-order valence-electron chi connectivity index (χ2n) is 6.39. The van der Waals surface area contributed by atoms with Crippen LogP contribution in [0.4, 0.5) is 0 Å². The second kappa shape index (κ2) is 9.49. The van der Waals surface area contributed by atoms with Gasteiger partial charge in [0.1, 0.15) is 0 Å². The Morgan fingerprint density at radius 1 is 1.24 bits per heavy atom. The van der Waals surface area contributed by atoms with Crippen LogP contribution in [-0.4, -0.2) is 22.3 Å². The SMILES string of the molecule is CCOP(=O)(C(=O)c1ccccc1)c1c(C)cc(CSc2n[nH]c(=S)s2)cc1C. The van der Waals surface area contributed by atoms with Gasteiger partial charge in [-0.1, -0.05) is 65.6 Å². The summed E-state index contributed by atoms with van der Waals surface area (Å²) in [6.07, 6.45) is 0. The number of nitrogens with zero attached hydrogens (tertiary/aromatic N) is 1. The van der Waals surface area contributed by atoms with Crippen LogP contribution in [0.2, 0.25) is 0 Å². The molecule has 152 valence electrons. The Kier molecular flexibility index (Phi) is 7.24. The van der Waals surface area contributed by atoms with Gasteiger partial charge in [-0.25, -0.2) is 0 Å². The lowest BCUT2D eigenvalue weighted by molar-refractivity contribution is 0.105. The lowest BCUT2D eigenvalue weighted by Crippen LogP contribution is -2.21. The molecule has 0 radical (unpaired) electrons. The fourth-order valence-electron chi connectivity index (χ4n) is 3.17. The highest BCUT2D eigenvalue weighted by Gasteiger charge is 2.38. The third-order valence-corrected chi connectivity index (χ3v) is 9.24. The number of benzene rings is 2. The Bertz CT molecular complexity index is 1100. The minimum absolute atomic E-state index is 0.191. The molecule has 1 unspecified atom stereocenters. The number of aromatic amines is 1. The Morgan fingerprint density at radius 2 is 1.90 bits per heavy atom. The molecule has 0 saturated carbocycles. The normalized spacial score (nSPS) is 13.2. The van der Waals surface area contributed by atoms with Gasteiger partial charge in [0.15, 0.2) is 8.29 Å². The van der Waals surface area contributed by atoms with Crippen LogP contribution < -0.4 is 5.30 Å². The van der Waals surface area contributed by atoms with E-state index >= 15 is 0 Å². The van der Waals surface area contributed by atoms with Gasteiger partial charge < -0.3 is 4.52 Å². The van der Waals surface area contributed by atoms with Gasteiger partial charge in [-0.05, 0) is 49.7 Å². The van der Waals surface area contributed by atoms with Crippen molar-refractivity contribution in [1.29, 1.82) is 0 Å². The summed E-state index contributed by atoms with van der Waals surface area (Å²) in [6.45, 7) is 5.69. The minimum atomic E-state index is -3.73. The molecule has 1 aromatic heterocycles. The highest BCUT2D eigenvalue weighted by molar-refractivity contribution is 8.00. The molecule has 0 fully saturated rings. The molecule has 0 aliphatic heterocycles. The summed E-state index contributed by atoms with van der Waals surface area (Å²) < 4.78 is 21.0. The van der Waals surface area contributed by atoms with E-state index in [0.717, 1.165) is 21.0 Å². The molecular formula is C20H21N2O3PS3. The van der Waals surface area contributed by atoms with Crippen molar-refractivity contribution >= 4 is 53.5 Å². The van der Waals surface area contributed by atoms with Crippen molar-refractivity contribution in [2.45, 2.75) is 30.9 Å². The maximum absolute atomic E-state index is 13.8. The zero-order valence-electron chi connectivity index (χ0n) is 16.3. The van der Waals surface area contributed by atoms with Gasteiger partial charge in [0.05, 0.1) is 11.9 Å². The summed E-state index contributed by atoms with van der Waals surface area (Å²) in [6, 6.07) is 12.6. The average molecular weight is 465 g/mol. The summed E-state index contributed by atoms with van der Waals surface area (Å²) >= 11 is 8.08. The van der Waals surface area contributed by atoms with E-state index < -0.39 is 12.9 Å². The highest BCUT2D eigenvalue weighted by Crippen LogP contribution is 2.50. The van der Waals surface area contributed by atoms with Crippen molar-refractivity contribution in [2.24, 2.45) is 0 Å². The highest BCUT2D eigenvalue weighted by atomic mass is 32.2. The van der Waals surface area contributed by atoms with Crippen molar-refractivity contribution < 1.29 is 13.9 Å². The van der Waals surface area contributed by atoms with E-state index in [0.29, 0.717) is 20.6 Å². The number of aromatic nitrogens is 2. The molecule has 0 aliphatic carbocycles. The smallest absolute Gasteiger partial charge is 0.301 e. The molecule has 29 heavy (non-hydrogen) atoms. The monoisotopic (exact) mass is 464 g/mol. The predicted molar refractivity (Wildman–Crippen MR) is 122 cm³/mol. The molecule has 1 N–H and O–H groups in total. The number of carbonyl (C=O) groups is 1. The number of aryl methyl sites for hydroxylation is 2. The van der Waals surface area contributed by atoms with Crippen LogP contribution in [0.15, 0.2) is 46.8 Å².